The molecule has 0 radical (unpaired) electrons. The van der Waals surface area contributed by atoms with Gasteiger partial charge in [-0.3, -0.25) is 4.79 Å². The smallest absolute Gasteiger partial charge is 0.255 e. The fourth-order valence-corrected chi connectivity index (χ4v) is 2.53. The van der Waals surface area contributed by atoms with Gasteiger partial charge in [0.25, 0.3) is 5.91 Å². The zero-order chi connectivity index (χ0) is 14.3. The Labute approximate surface area is 117 Å². The molecule has 2 aromatic carbocycles. The van der Waals surface area contributed by atoms with Crippen molar-refractivity contribution in [2.24, 2.45) is 0 Å². The third kappa shape index (κ3) is 1.99. The molecule has 0 bridgehead atoms. The fourth-order valence-electron chi connectivity index (χ4n) is 2.53. The van der Waals surface area contributed by atoms with Crippen molar-refractivity contribution in [1.29, 1.82) is 0 Å². The number of aryl methyl sites for hydroxylation is 2. The maximum atomic E-state index is 12.1. The monoisotopic (exact) mass is 268 g/mol. The molecule has 1 aliphatic heterocycles. The molecule has 2 aromatic rings. The van der Waals surface area contributed by atoms with Crippen molar-refractivity contribution in [3.05, 3.63) is 58.7 Å². The van der Waals surface area contributed by atoms with E-state index in [-0.39, 0.29) is 12.1 Å². The van der Waals surface area contributed by atoms with Gasteiger partial charge in [-0.15, -0.1) is 0 Å². The summed E-state index contributed by atoms with van der Waals surface area (Å²) in [4.78, 5) is 12.1. The Bertz CT molecular complexity index is 672. The van der Waals surface area contributed by atoms with Crippen LogP contribution >= 0.6 is 0 Å². The molecule has 4 nitrogen and oxygen atoms in total. The molecule has 3 rings (SSSR count). The highest BCUT2D eigenvalue weighted by Crippen LogP contribution is 2.30. The van der Waals surface area contributed by atoms with E-state index in [0.29, 0.717) is 11.3 Å². The van der Waals surface area contributed by atoms with Crippen molar-refractivity contribution in [2.45, 2.75) is 20.0 Å². The average molecular weight is 268 g/mol. The first-order valence-electron chi connectivity index (χ1n) is 6.53. The zero-order valence-corrected chi connectivity index (χ0v) is 11.4. The lowest BCUT2D eigenvalue weighted by Crippen LogP contribution is -2.38. The number of benzene rings is 2. The van der Waals surface area contributed by atoms with E-state index < -0.39 is 0 Å². The van der Waals surface area contributed by atoms with E-state index in [9.17, 15) is 9.90 Å². The van der Waals surface area contributed by atoms with Gasteiger partial charge in [-0.2, -0.15) is 0 Å². The van der Waals surface area contributed by atoms with E-state index in [1.54, 1.807) is 6.07 Å². The molecule has 1 amide bonds. The highest BCUT2D eigenvalue weighted by atomic mass is 16.3. The third-order valence-corrected chi connectivity index (χ3v) is 3.59. The van der Waals surface area contributed by atoms with Gasteiger partial charge in [-0.05, 0) is 54.8 Å². The lowest BCUT2D eigenvalue weighted by Gasteiger charge is -2.28. The number of hydrogen-bond acceptors (Lipinski definition) is 3. The molecule has 1 atom stereocenters. The number of rotatable bonds is 1. The second-order valence-electron chi connectivity index (χ2n) is 5.10. The van der Waals surface area contributed by atoms with Crippen LogP contribution in [0.4, 0.5) is 5.69 Å². The summed E-state index contributed by atoms with van der Waals surface area (Å²) in [6.07, 6.45) is -0.282. The van der Waals surface area contributed by atoms with Crippen LogP contribution in [0.25, 0.3) is 0 Å². The number of fused-ring (bicyclic) bond motifs is 1. The quantitative estimate of drug-likeness (QED) is 0.745. The van der Waals surface area contributed by atoms with Crippen LogP contribution < -0.4 is 10.6 Å². The first kappa shape index (κ1) is 12.5. The Morgan fingerprint density at radius 2 is 1.70 bits per heavy atom. The van der Waals surface area contributed by atoms with Crippen molar-refractivity contribution >= 4 is 11.6 Å². The van der Waals surface area contributed by atoms with Crippen LogP contribution in [0.2, 0.25) is 0 Å². The van der Waals surface area contributed by atoms with Gasteiger partial charge in [0.1, 0.15) is 11.9 Å². The molecule has 0 aliphatic carbocycles. The van der Waals surface area contributed by atoms with E-state index in [0.717, 1.165) is 22.4 Å². The first-order chi connectivity index (χ1) is 9.56. The van der Waals surface area contributed by atoms with Gasteiger partial charge >= 0.3 is 0 Å². The lowest BCUT2D eigenvalue weighted by atomic mass is 10.0. The standard InChI is InChI=1S/C16H16N2O2/c1-9-7-11(8-10(2)14(9)19)15-17-13-6-4-3-5-12(13)16(20)18-15/h3-8,15,17,19H,1-2H3,(H,18,20). The third-order valence-electron chi connectivity index (χ3n) is 3.59. The summed E-state index contributed by atoms with van der Waals surface area (Å²) in [5.41, 5.74) is 4.01. The minimum Gasteiger partial charge on any atom is -0.507 e. The second-order valence-corrected chi connectivity index (χ2v) is 5.10. The van der Waals surface area contributed by atoms with Gasteiger partial charge in [-0.25, -0.2) is 0 Å². The van der Waals surface area contributed by atoms with Crippen molar-refractivity contribution in [3.8, 4) is 5.75 Å². The molecule has 3 N–H and O–H groups in total. The van der Waals surface area contributed by atoms with Crippen LogP contribution in [0.3, 0.4) is 0 Å². The number of aromatic hydroxyl groups is 1. The lowest BCUT2D eigenvalue weighted by molar-refractivity contribution is 0.0935. The number of nitrogens with one attached hydrogen (secondary N) is 2. The Hall–Kier alpha value is -2.49. The number of hydrogen-bond donors (Lipinski definition) is 3. The summed E-state index contributed by atoms with van der Waals surface area (Å²) in [6.45, 7) is 3.70. The summed E-state index contributed by atoms with van der Waals surface area (Å²) >= 11 is 0. The molecule has 1 unspecified atom stereocenters. The van der Waals surface area contributed by atoms with Crippen LogP contribution in [-0.4, -0.2) is 11.0 Å². The first-order valence-corrected chi connectivity index (χ1v) is 6.53. The molecular weight excluding hydrogens is 252 g/mol. The van der Waals surface area contributed by atoms with Crippen molar-refractivity contribution in [1.82, 2.24) is 5.32 Å². The summed E-state index contributed by atoms with van der Waals surface area (Å²) in [6, 6.07) is 11.2. The van der Waals surface area contributed by atoms with Gasteiger partial charge in [0.2, 0.25) is 0 Å². The average Bonchev–Trinajstić information content (AvgIpc) is 2.44. The summed E-state index contributed by atoms with van der Waals surface area (Å²) in [5.74, 6) is 0.212. The Morgan fingerprint density at radius 1 is 1.05 bits per heavy atom. The SMILES string of the molecule is Cc1cc(C2NC(=O)c3ccccc3N2)cc(C)c1O. The van der Waals surface area contributed by atoms with Crippen LogP contribution in [0.15, 0.2) is 36.4 Å². The number of amides is 1. The largest absolute Gasteiger partial charge is 0.507 e. The zero-order valence-electron chi connectivity index (χ0n) is 11.4. The number of carbonyl (C=O) groups excluding carboxylic acids is 1. The van der Waals surface area contributed by atoms with Gasteiger partial charge in [0.15, 0.2) is 0 Å². The van der Waals surface area contributed by atoms with Crippen molar-refractivity contribution in [2.75, 3.05) is 5.32 Å². The Kier molecular flexibility index (Phi) is 2.86. The van der Waals surface area contributed by atoms with Crippen LogP contribution in [0.5, 0.6) is 5.75 Å². The molecule has 1 heterocycles. The molecule has 0 aromatic heterocycles. The second kappa shape index (κ2) is 4.56. The van der Waals surface area contributed by atoms with E-state index in [2.05, 4.69) is 10.6 Å². The summed E-state index contributed by atoms with van der Waals surface area (Å²) in [7, 11) is 0. The predicted molar refractivity (Wildman–Crippen MR) is 77.9 cm³/mol. The molecule has 4 heteroatoms. The maximum Gasteiger partial charge on any atom is 0.255 e. The van der Waals surface area contributed by atoms with Crippen molar-refractivity contribution < 1.29 is 9.90 Å². The molecule has 0 saturated carbocycles. The number of anilines is 1. The molecule has 0 spiro atoms. The fraction of sp³-hybridized carbons (Fsp3) is 0.188. The summed E-state index contributed by atoms with van der Waals surface area (Å²) in [5, 5.41) is 16.1. The van der Waals surface area contributed by atoms with Crippen LogP contribution in [-0.2, 0) is 0 Å². The van der Waals surface area contributed by atoms with Gasteiger partial charge in [0, 0.05) is 5.69 Å². The molecule has 102 valence electrons. The van der Waals surface area contributed by atoms with Gasteiger partial charge in [-0.1, -0.05) is 12.1 Å². The highest BCUT2D eigenvalue weighted by molar-refractivity contribution is 6.01. The van der Waals surface area contributed by atoms with Crippen LogP contribution in [0.1, 0.15) is 33.2 Å². The molecule has 1 aliphatic rings. The van der Waals surface area contributed by atoms with Crippen LogP contribution in [0, 0.1) is 13.8 Å². The van der Waals surface area contributed by atoms with E-state index >= 15 is 0 Å². The number of phenols is 1. The van der Waals surface area contributed by atoms with E-state index in [1.807, 2.05) is 44.2 Å². The molecule has 0 fully saturated rings. The Balaban J connectivity index is 2.00. The number of para-hydroxylation sites is 1. The number of carbonyl (C=O) groups is 1. The van der Waals surface area contributed by atoms with Crippen molar-refractivity contribution in [3.63, 3.8) is 0 Å². The molecular formula is C16H16N2O2. The van der Waals surface area contributed by atoms with Gasteiger partial charge in [0.05, 0.1) is 5.56 Å². The van der Waals surface area contributed by atoms with Gasteiger partial charge < -0.3 is 15.7 Å². The molecule has 20 heavy (non-hydrogen) atoms. The van der Waals surface area contributed by atoms with E-state index in [4.69, 9.17) is 0 Å². The minimum atomic E-state index is -0.282. The van der Waals surface area contributed by atoms with E-state index in [1.165, 1.54) is 0 Å². The highest BCUT2D eigenvalue weighted by Gasteiger charge is 2.24. The molecule has 0 saturated heterocycles. The normalized spacial score (nSPS) is 17.1. The minimum absolute atomic E-state index is 0.0901. The Morgan fingerprint density at radius 3 is 2.40 bits per heavy atom. The summed E-state index contributed by atoms with van der Waals surface area (Å²) < 4.78 is 0. The topological polar surface area (TPSA) is 61.4 Å². The predicted octanol–water partition coefficient (Wildman–Crippen LogP) is 2.86. The maximum absolute atomic E-state index is 12.1. The number of phenolic OH excluding ortho intramolecular Hbond substituents is 1.